The minimum atomic E-state index is -0.176. The maximum Gasteiger partial charge on any atom is 0.257 e. The van der Waals surface area contributed by atoms with Gasteiger partial charge in [-0.05, 0) is 49.2 Å². The fourth-order valence-corrected chi connectivity index (χ4v) is 2.24. The van der Waals surface area contributed by atoms with Gasteiger partial charge < -0.3 is 15.4 Å². The quantitative estimate of drug-likeness (QED) is 0.719. The van der Waals surface area contributed by atoms with Gasteiger partial charge in [0.05, 0.1) is 5.56 Å². The molecule has 0 atom stereocenters. The number of carbonyl (C=O) groups is 1. The maximum atomic E-state index is 12.2. The zero-order valence-electron chi connectivity index (χ0n) is 13.2. The van der Waals surface area contributed by atoms with Crippen LogP contribution in [0.3, 0.4) is 0 Å². The van der Waals surface area contributed by atoms with Gasteiger partial charge in [0.2, 0.25) is 0 Å². The average Bonchev–Trinajstić information content (AvgIpc) is 2.55. The first-order valence-electron chi connectivity index (χ1n) is 7.36. The summed E-state index contributed by atoms with van der Waals surface area (Å²) in [5.41, 5.74) is 2.35. The molecule has 0 saturated carbocycles. The van der Waals surface area contributed by atoms with Gasteiger partial charge in [-0.15, -0.1) is 0 Å². The molecule has 0 fully saturated rings. The van der Waals surface area contributed by atoms with Crippen LogP contribution in [0, 0.1) is 6.92 Å². The number of rotatable bonds is 7. The van der Waals surface area contributed by atoms with Crippen molar-refractivity contribution in [3.8, 4) is 0 Å². The van der Waals surface area contributed by atoms with Crippen LogP contribution in [0.15, 0.2) is 41.0 Å². The van der Waals surface area contributed by atoms with Crippen molar-refractivity contribution in [3.05, 3.63) is 52.1 Å². The SMILES string of the molecule is COCCCNc1ccc(C(=O)Nc2ccc(Br)c(C)c2)cn1. The molecule has 0 spiro atoms. The molecule has 0 aliphatic heterocycles. The van der Waals surface area contributed by atoms with Gasteiger partial charge >= 0.3 is 0 Å². The molecule has 6 heteroatoms. The summed E-state index contributed by atoms with van der Waals surface area (Å²) in [5, 5.41) is 6.05. The molecule has 0 aliphatic rings. The monoisotopic (exact) mass is 377 g/mol. The van der Waals surface area contributed by atoms with Crippen LogP contribution < -0.4 is 10.6 Å². The highest BCUT2D eigenvalue weighted by atomic mass is 79.9. The molecule has 1 amide bonds. The second kappa shape index (κ2) is 8.64. The molecule has 0 unspecified atom stereocenters. The predicted molar refractivity (Wildman–Crippen MR) is 96.1 cm³/mol. The van der Waals surface area contributed by atoms with Crippen molar-refractivity contribution in [2.45, 2.75) is 13.3 Å². The van der Waals surface area contributed by atoms with E-state index >= 15 is 0 Å². The Bertz CT molecular complexity index is 659. The number of nitrogens with one attached hydrogen (secondary N) is 2. The van der Waals surface area contributed by atoms with Crippen LogP contribution in [-0.2, 0) is 4.74 Å². The highest BCUT2D eigenvalue weighted by molar-refractivity contribution is 9.10. The molecular weight excluding hydrogens is 358 g/mol. The van der Waals surface area contributed by atoms with Crippen molar-refractivity contribution < 1.29 is 9.53 Å². The van der Waals surface area contributed by atoms with Crippen LogP contribution >= 0.6 is 15.9 Å². The molecule has 2 N–H and O–H groups in total. The van der Waals surface area contributed by atoms with Crippen molar-refractivity contribution in [2.75, 3.05) is 30.9 Å². The fourth-order valence-electron chi connectivity index (χ4n) is 1.99. The lowest BCUT2D eigenvalue weighted by Gasteiger charge is -2.08. The van der Waals surface area contributed by atoms with Crippen LogP contribution in [0.1, 0.15) is 22.3 Å². The molecule has 1 aromatic carbocycles. The lowest BCUT2D eigenvalue weighted by Crippen LogP contribution is -2.13. The minimum Gasteiger partial charge on any atom is -0.385 e. The van der Waals surface area contributed by atoms with E-state index in [-0.39, 0.29) is 5.91 Å². The first-order valence-corrected chi connectivity index (χ1v) is 8.16. The Morgan fingerprint density at radius 2 is 2.13 bits per heavy atom. The second-order valence-electron chi connectivity index (χ2n) is 5.12. The van der Waals surface area contributed by atoms with Crippen molar-refractivity contribution in [2.24, 2.45) is 0 Å². The third kappa shape index (κ3) is 5.33. The highest BCUT2D eigenvalue weighted by Crippen LogP contribution is 2.20. The molecule has 2 aromatic rings. The van der Waals surface area contributed by atoms with Crippen LogP contribution in [-0.4, -0.2) is 31.2 Å². The van der Waals surface area contributed by atoms with E-state index in [2.05, 4.69) is 31.5 Å². The number of methoxy groups -OCH3 is 1. The zero-order valence-corrected chi connectivity index (χ0v) is 14.8. The molecule has 0 radical (unpaired) electrons. The summed E-state index contributed by atoms with van der Waals surface area (Å²) >= 11 is 3.44. The Morgan fingerprint density at radius 1 is 1.30 bits per heavy atom. The topological polar surface area (TPSA) is 63.2 Å². The van der Waals surface area contributed by atoms with Crippen LogP contribution in [0.25, 0.3) is 0 Å². The molecule has 23 heavy (non-hydrogen) atoms. The Hall–Kier alpha value is -1.92. The molecular formula is C17H20BrN3O2. The lowest BCUT2D eigenvalue weighted by molar-refractivity contribution is 0.102. The normalized spacial score (nSPS) is 10.4. The van der Waals surface area contributed by atoms with Crippen LogP contribution in [0.4, 0.5) is 11.5 Å². The van der Waals surface area contributed by atoms with Gasteiger partial charge in [0.15, 0.2) is 0 Å². The lowest BCUT2D eigenvalue weighted by atomic mass is 10.2. The van der Waals surface area contributed by atoms with Gasteiger partial charge in [0.25, 0.3) is 5.91 Å². The molecule has 1 aromatic heterocycles. The number of benzene rings is 1. The number of ether oxygens (including phenoxy) is 1. The van der Waals surface area contributed by atoms with Crippen molar-refractivity contribution in [3.63, 3.8) is 0 Å². The number of amides is 1. The van der Waals surface area contributed by atoms with Gasteiger partial charge in [0, 0.05) is 36.6 Å². The zero-order chi connectivity index (χ0) is 16.7. The van der Waals surface area contributed by atoms with E-state index in [1.54, 1.807) is 25.4 Å². The van der Waals surface area contributed by atoms with E-state index < -0.39 is 0 Å². The number of pyridine rings is 1. The summed E-state index contributed by atoms with van der Waals surface area (Å²) in [6.07, 6.45) is 2.48. The van der Waals surface area contributed by atoms with Gasteiger partial charge in [0.1, 0.15) is 5.82 Å². The summed E-state index contributed by atoms with van der Waals surface area (Å²) < 4.78 is 6.00. The average molecular weight is 378 g/mol. The van der Waals surface area contributed by atoms with Gasteiger partial charge in [-0.25, -0.2) is 4.98 Å². The molecule has 0 saturated heterocycles. The summed E-state index contributed by atoms with van der Waals surface area (Å²) in [6, 6.07) is 9.24. The van der Waals surface area contributed by atoms with Crippen LogP contribution in [0.2, 0.25) is 0 Å². The Labute approximate surface area is 144 Å². The minimum absolute atomic E-state index is 0.176. The Morgan fingerprint density at radius 3 is 2.78 bits per heavy atom. The number of anilines is 2. The molecule has 0 aliphatic carbocycles. The van der Waals surface area contributed by atoms with E-state index in [1.165, 1.54) is 0 Å². The molecule has 2 rings (SSSR count). The number of carbonyl (C=O) groups excluding carboxylic acids is 1. The third-order valence-electron chi connectivity index (χ3n) is 3.27. The molecule has 5 nitrogen and oxygen atoms in total. The largest absolute Gasteiger partial charge is 0.385 e. The number of nitrogens with zero attached hydrogens (tertiary/aromatic N) is 1. The first-order chi connectivity index (χ1) is 11.1. The van der Waals surface area contributed by atoms with E-state index in [0.29, 0.717) is 12.2 Å². The standard InChI is InChI=1S/C17H20BrN3O2/c1-12-10-14(5-6-15(12)18)21-17(22)13-4-7-16(20-11-13)19-8-3-9-23-2/h4-7,10-11H,3,8-9H2,1-2H3,(H,19,20)(H,21,22). The summed E-state index contributed by atoms with van der Waals surface area (Å²) in [7, 11) is 1.68. The fraction of sp³-hybridized carbons (Fsp3) is 0.294. The number of aromatic nitrogens is 1. The van der Waals surface area contributed by atoms with Gasteiger partial charge in [-0.1, -0.05) is 15.9 Å². The second-order valence-corrected chi connectivity index (χ2v) is 5.98. The molecule has 122 valence electrons. The Balaban J connectivity index is 1.93. The van der Waals surface area contributed by atoms with Gasteiger partial charge in [-0.2, -0.15) is 0 Å². The van der Waals surface area contributed by atoms with Crippen molar-refractivity contribution in [1.29, 1.82) is 0 Å². The van der Waals surface area contributed by atoms with E-state index in [4.69, 9.17) is 4.74 Å². The number of halogens is 1. The summed E-state index contributed by atoms with van der Waals surface area (Å²) in [5.74, 6) is 0.572. The molecule has 0 bridgehead atoms. The predicted octanol–water partition coefficient (Wildman–Crippen LogP) is 3.85. The van der Waals surface area contributed by atoms with Crippen molar-refractivity contribution in [1.82, 2.24) is 4.98 Å². The first kappa shape index (κ1) is 17.4. The number of aryl methyl sites for hydroxylation is 1. The summed E-state index contributed by atoms with van der Waals surface area (Å²) in [6.45, 7) is 3.47. The van der Waals surface area contributed by atoms with E-state index in [9.17, 15) is 4.79 Å². The van der Waals surface area contributed by atoms with Crippen molar-refractivity contribution >= 4 is 33.3 Å². The molecule has 1 heterocycles. The van der Waals surface area contributed by atoms with Gasteiger partial charge in [-0.3, -0.25) is 4.79 Å². The van der Waals surface area contributed by atoms with Crippen LogP contribution in [0.5, 0.6) is 0 Å². The Kier molecular flexibility index (Phi) is 6.55. The third-order valence-corrected chi connectivity index (χ3v) is 4.16. The maximum absolute atomic E-state index is 12.2. The number of hydrogen-bond donors (Lipinski definition) is 2. The highest BCUT2D eigenvalue weighted by Gasteiger charge is 2.07. The summed E-state index contributed by atoms with van der Waals surface area (Å²) in [4.78, 5) is 16.5. The van der Waals surface area contributed by atoms with E-state index in [1.807, 2.05) is 25.1 Å². The smallest absolute Gasteiger partial charge is 0.257 e. The van der Waals surface area contributed by atoms with E-state index in [0.717, 1.165) is 34.5 Å². The number of hydrogen-bond acceptors (Lipinski definition) is 4.